The van der Waals surface area contributed by atoms with Gasteiger partial charge in [0.1, 0.15) is 0 Å². The molecule has 0 aliphatic carbocycles. The number of piperazine rings is 1. The third-order valence-corrected chi connectivity index (χ3v) is 5.67. The molecule has 24 heavy (non-hydrogen) atoms. The Morgan fingerprint density at radius 3 is 2.62 bits per heavy atom. The van der Waals surface area contributed by atoms with Crippen molar-refractivity contribution in [3.63, 3.8) is 0 Å². The zero-order valence-corrected chi connectivity index (χ0v) is 15.5. The quantitative estimate of drug-likeness (QED) is 0.591. The normalized spacial score (nSPS) is 30.2. The largest absolute Gasteiger partial charge is 0.381 e. The number of likely N-dealkylation sites (tertiary alicyclic amines) is 1. The predicted molar refractivity (Wildman–Crippen MR) is 98.6 cm³/mol. The first kappa shape index (κ1) is 18.0. The number of nitrogens with one attached hydrogen (secondary N) is 1. The van der Waals surface area contributed by atoms with E-state index in [0.29, 0.717) is 6.04 Å². The van der Waals surface area contributed by atoms with Crippen LogP contribution in [0.3, 0.4) is 0 Å². The molecule has 0 aromatic carbocycles. The number of hydrogen-bond donors (Lipinski definition) is 1. The van der Waals surface area contributed by atoms with E-state index in [0.717, 1.165) is 64.4 Å². The smallest absolute Gasteiger partial charge is 0.194 e. The van der Waals surface area contributed by atoms with Crippen LogP contribution in [-0.4, -0.2) is 99.3 Å². The Morgan fingerprint density at radius 1 is 1.17 bits per heavy atom. The van der Waals surface area contributed by atoms with Gasteiger partial charge < -0.3 is 19.9 Å². The van der Waals surface area contributed by atoms with Gasteiger partial charge in [0.05, 0.1) is 13.2 Å². The summed E-state index contributed by atoms with van der Waals surface area (Å²) in [4.78, 5) is 12.4. The van der Waals surface area contributed by atoms with Gasteiger partial charge in [0, 0.05) is 51.9 Å². The minimum atomic E-state index is 0.627. The van der Waals surface area contributed by atoms with Crippen molar-refractivity contribution in [2.24, 2.45) is 10.9 Å². The lowest BCUT2D eigenvalue weighted by molar-refractivity contribution is 0.139. The average molecular weight is 338 g/mol. The summed E-state index contributed by atoms with van der Waals surface area (Å²) in [6.45, 7) is 12.8. The van der Waals surface area contributed by atoms with Crippen LogP contribution in [0.1, 0.15) is 26.2 Å². The summed E-state index contributed by atoms with van der Waals surface area (Å²) in [5.74, 6) is 1.86. The fraction of sp³-hybridized carbons (Fsp3) is 0.944. The summed E-state index contributed by atoms with van der Waals surface area (Å²) in [5, 5.41) is 3.50. The molecule has 6 nitrogen and oxygen atoms in total. The lowest BCUT2D eigenvalue weighted by Gasteiger charge is -2.37. The van der Waals surface area contributed by atoms with Crippen LogP contribution in [-0.2, 0) is 4.74 Å². The Kier molecular flexibility index (Phi) is 6.75. The number of likely N-dealkylation sites (N-methyl/N-ethyl adjacent to an activating group) is 1. The summed E-state index contributed by atoms with van der Waals surface area (Å²) in [7, 11) is 2.23. The number of guanidine groups is 1. The molecule has 0 radical (unpaired) electrons. The van der Waals surface area contributed by atoms with Crippen LogP contribution in [0.5, 0.6) is 0 Å². The van der Waals surface area contributed by atoms with Crippen molar-refractivity contribution in [2.75, 3.05) is 72.6 Å². The standard InChI is InChI=1S/C18H35N5O/c1-3-19-18(20-13-17-5-4-7-21(17)2)23-10-8-22(9-11-23)14-16-6-12-24-15-16/h16-17H,3-15H2,1-2H3,(H,19,20). The fourth-order valence-corrected chi connectivity index (χ4v) is 4.06. The van der Waals surface area contributed by atoms with Gasteiger partial charge in [-0.1, -0.05) is 0 Å². The monoisotopic (exact) mass is 337 g/mol. The zero-order chi connectivity index (χ0) is 16.8. The summed E-state index contributed by atoms with van der Waals surface area (Å²) in [6.07, 6.45) is 3.84. The van der Waals surface area contributed by atoms with E-state index in [1.54, 1.807) is 0 Å². The van der Waals surface area contributed by atoms with E-state index in [4.69, 9.17) is 9.73 Å². The zero-order valence-electron chi connectivity index (χ0n) is 15.5. The van der Waals surface area contributed by atoms with Gasteiger partial charge in [-0.25, -0.2) is 0 Å². The molecule has 3 aliphatic rings. The molecule has 0 aromatic heterocycles. The second kappa shape index (κ2) is 9.02. The van der Waals surface area contributed by atoms with Gasteiger partial charge in [-0.05, 0) is 45.7 Å². The summed E-state index contributed by atoms with van der Waals surface area (Å²) in [5.41, 5.74) is 0. The van der Waals surface area contributed by atoms with Crippen molar-refractivity contribution in [1.82, 2.24) is 20.0 Å². The predicted octanol–water partition coefficient (Wildman–Crippen LogP) is 0.700. The van der Waals surface area contributed by atoms with Crippen molar-refractivity contribution < 1.29 is 4.74 Å². The van der Waals surface area contributed by atoms with Crippen LogP contribution in [0, 0.1) is 5.92 Å². The van der Waals surface area contributed by atoms with Crippen LogP contribution < -0.4 is 5.32 Å². The van der Waals surface area contributed by atoms with Crippen molar-refractivity contribution in [3.8, 4) is 0 Å². The Bertz CT molecular complexity index is 402. The van der Waals surface area contributed by atoms with Crippen LogP contribution in [0.4, 0.5) is 0 Å². The van der Waals surface area contributed by atoms with Crippen molar-refractivity contribution >= 4 is 5.96 Å². The van der Waals surface area contributed by atoms with Crippen LogP contribution in [0.15, 0.2) is 4.99 Å². The Balaban J connectivity index is 1.47. The Hall–Kier alpha value is -0.850. The summed E-state index contributed by atoms with van der Waals surface area (Å²) in [6, 6.07) is 0.627. The van der Waals surface area contributed by atoms with Gasteiger partial charge in [0.25, 0.3) is 0 Å². The van der Waals surface area contributed by atoms with E-state index in [1.807, 2.05) is 0 Å². The maximum atomic E-state index is 5.51. The highest BCUT2D eigenvalue weighted by Gasteiger charge is 2.25. The van der Waals surface area contributed by atoms with E-state index < -0.39 is 0 Å². The minimum absolute atomic E-state index is 0.627. The Labute approximate surface area is 147 Å². The molecule has 0 aromatic rings. The molecule has 1 N–H and O–H groups in total. The average Bonchev–Trinajstić information content (AvgIpc) is 3.24. The molecule has 2 unspecified atom stereocenters. The third kappa shape index (κ3) is 4.83. The van der Waals surface area contributed by atoms with E-state index in [2.05, 4.69) is 34.0 Å². The first-order chi connectivity index (χ1) is 11.8. The topological polar surface area (TPSA) is 43.3 Å². The second-order valence-corrected chi connectivity index (χ2v) is 7.49. The van der Waals surface area contributed by atoms with Gasteiger partial charge in [0.15, 0.2) is 5.96 Å². The van der Waals surface area contributed by atoms with Crippen LogP contribution in [0.25, 0.3) is 0 Å². The molecule has 3 heterocycles. The van der Waals surface area contributed by atoms with Gasteiger partial charge in [0.2, 0.25) is 0 Å². The van der Waals surface area contributed by atoms with E-state index >= 15 is 0 Å². The van der Waals surface area contributed by atoms with Gasteiger partial charge in [-0.15, -0.1) is 0 Å². The highest BCUT2D eigenvalue weighted by molar-refractivity contribution is 5.80. The third-order valence-electron chi connectivity index (χ3n) is 5.67. The molecule has 6 heteroatoms. The molecule has 0 bridgehead atoms. The molecule has 0 amide bonds. The fourth-order valence-electron chi connectivity index (χ4n) is 4.06. The summed E-state index contributed by atoms with van der Waals surface area (Å²) < 4.78 is 5.51. The Morgan fingerprint density at radius 2 is 2.00 bits per heavy atom. The molecular weight excluding hydrogens is 302 g/mol. The van der Waals surface area contributed by atoms with E-state index in [1.165, 1.54) is 32.4 Å². The minimum Gasteiger partial charge on any atom is -0.381 e. The molecule has 3 saturated heterocycles. The highest BCUT2D eigenvalue weighted by Crippen LogP contribution is 2.16. The molecule has 3 fully saturated rings. The van der Waals surface area contributed by atoms with Crippen molar-refractivity contribution in [1.29, 1.82) is 0 Å². The maximum absolute atomic E-state index is 5.51. The molecule has 138 valence electrons. The lowest BCUT2D eigenvalue weighted by Crippen LogP contribution is -2.53. The van der Waals surface area contributed by atoms with Crippen molar-refractivity contribution in [3.05, 3.63) is 0 Å². The number of nitrogens with zero attached hydrogens (tertiary/aromatic N) is 4. The van der Waals surface area contributed by atoms with E-state index in [-0.39, 0.29) is 0 Å². The number of aliphatic imine (C=N–C) groups is 1. The first-order valence-electron chi connectivity index (χ1n) is 9.80. The molecule has 3 aliphatic heterocycles. The summed E-state index contributed by atoms with van der Waals surface area (Å²) >= 11 is 0. The van der Waals surface area contributed by atoms with Gasteiger partial charge >= 0.3 is 0 Å². The second-order valence-electron chi connectivity index (χ2n) is 7.49. The molecule has 0 spiro atoms. The molecule has 2 atom stereocenters. The SMILES string of the molecule is CCNC(=NCC1CCCN1C)N1CCN(CC2CCOC2)CC1. The molecule has 0 saturated carbocycles. The number of ether oxygens (including phenoxy) is 1. The maximum Gasteiger partial charge on any atom is 0.194 e. The number of hydrogen-bond acceptors (Lipinski definition) is 4. The first-order valence-corrected chi connectivity index (χ1v) is 9.80. The van der Waals surface area contributed by atoms with Gasteiger partial charge in [-0.2, -0.15) is 0 Å². The highest BCUT2D eigenvalue weighted by atomic mass is 16.5. The lowest BCUT2D eigenvalue weighted by atomic mass is 10.1. The van der Waals surface area contributed by atoms with Crippen molar-refractivity contribution in [2.45, 2.75) is 32.2 Å². The molecule has 3 rings (SSSR count). The van der Waals surface area contributed by atoms with Gasteiger partial charge in [-0.3, -0.25) is 9.89 Å². The van der Waals surface area contributed by atoms with E-state index in [9.17, 15) is 0 Å². The van der Waals surface area contributed by atoms with Crippen LogP contribution in [0.2, 0.25) is 0 Å². The van der Waals surface area contributed by atoms with Crippen LogP contribution >= 0.6 is 0 Å². The molecular formula is C18H35N5O. The number of rotatable bonds is 5.